The standard InChI is InChI=1S/C10H10Cl2N2O2S/c1-7(6-13)14(2)17(15,16)10-4-8(11)3-9(12)5-10/h3-5,7H,1-2H3. The molecule has 0 spiro atoms. The first kappa shape index (κ1) is 14.3. The zero-order chi connectivity index (χ0) is 13.2. The Bertz CT molecular complexity index is 546. The third-order valence-electron chi connectivity index (χ3n) is 2.25. The lowest BCUT2D eigenvalue weighted by Crippen LogP contribution is -2.34. The molecule has 1 aromatic rings. The van der Waals surface area contributed by atoms with Crippen LogP contribution in [0.1, 0.15) is 6.92 Å². The summed E-state index contributed by atoms with van der Waals surface area (Å²) >= 11 is 11.5. The number of hydrogen-bond donors (Lipinski definition) is 0. The maximum Gasteiger partial charge on any atom is 0.244 e. The van der Waals surface area contributed by atoms with Gasteiger partial charge in [-0.05, 0) is 25.1 Å². The molecule has 17 heavy (non-hydrogen) atoms. The molecule has 1 rings (SSSR count). The van der Waals surface area contributed by atoms with Gasteiger partial charge in [0.15, 0.2) is 0 Å². The van der Waals surface area contributed by atoms with Gasteiger partial charge in [0.1, 0.15) is 6.04 Å². The zero-order valence-corrected chi connectivity index (χ0v) is 11.5. The molecule has 0 aliphatic rings. The molecule has 0 aromatic heterocycles. The number of nitrogens with zero attached hydrogens (tertiary/aromatic N) is 2. The average Bonchev–Trinajstić information content (AvgIpc) is 2.25. The third-order valence-corrected chi connectivity index (χ3v) is 4.59. The van der Waals surface area contributed by atoms with Crippen molar-refractivity contribution in [2.45, 2.75) is 17.9 Å². The van der Waals surface area contributed by atoms with Crippen LogP contribution in [0.4, 0.5) is 0 Å². The van der Waals surface area contributed by atoms with Crippen molar-refractivity contribution in [3.8, 4) is 6.07 Å². The Labute approximate surface area is 110 Å². The molecule has 1 aromatic carbocycles. The summed E-state index contributed by atoms with van der Waals surface area (Å²) in [6, 6.07) is 5.11. The summed E-state index contributed by atoms with van der Waals surface area (Å²) in [5, 5.41) is 9.18. The molecule has 7 heteroatoms. The lowest BCUT2D eigenvalue weighted by atomic mass is 10.4. The first-order chi connectivity index (χ1) is 7.78. The average molecular weight is 293 g/mol. The van der Waals surface area contributed by atoms with Gasteiger partial charge >= 0.3 is 0 Å². The Morgan fingerprint density at radius 3 is 2.18 bits per heavy atom. The van der Waals surface area contributed by atoms with E-state index in [0.29, 0.717) is 0 Å². The number of benzene rings is 1. The topological polar surface area (TPSA) is 61.2 Å². The van der Waals surface area contributed by atoms with Crippen LogP contribution < -0.4 is 0 Å². The van der Waals surface area contributed by atoms with E-state index in [9.17, 15) is 8.42 Å². The summed E-state index contributed by atoms with van der Waals surface area (Å²) in [5.41, 5.74) is 0. The fourth-order valence-corrected chi connectivity index (χ4v) is 3.14. The molecule has 1 atom stereocenters. The van der Waals surface area contributed by atoms with Gasteiger partial charge in [-0.3, -0.25) is 0 Å². The molecule has 4 nitrogen and oxygen atoms in total. The molecule has 0 radical (unpaired) electrons. The van der Waals surface area contributed by atoms with Crippen LogP contribution >= 0.6 is 23.2 Å². The fourth-order valence-electron chi connectivity index (χ4n) is 1.13. The first-order valence-electron chi connectivity index (χ1n) is 4.63. The summed E-state index contributed by atoms with van der Waals surface area (Å²) in [6.45, 7) is 1.49. The zero-order valence-electron chi connectivity index (χ0n) is 9.18. The predicted octanol–water partition coefficient (Wildman–Crippen LogP) is 2.53. The minimum Gasteiger partial charge on any atom is -0.207 e. The first-order valence-corrected chi connectivity index (χ1v) is 6.82. The van der Waals surface area contributed by atoms with Crippen molar-refractivity contribution in [1.29, 1.82) is 5.26 Å². The van der Waals surface area contributed by atoms with Crippen molar-refractivity contribution in [2.75, 3.05) is 7.05 Å². The molecule has 0 bridgehead atoms. The van der Waals surface area contributed by atoms with Crippen molar-refractivity contribution in [3.05, 3.63) is 28.2 Å². The van der Waals surface area contributed by atoms with Crippen LogP contribution in [-0.2, 0) is 10.0 Å². The highest BCUT2D eigenvalue weighted by atomic mass is 35.5. The maximum atomic E-state index is 12.1. The number of halogens is 2. The van der Waals surface area contributed by atoms with E-state index in [2.05, 4.69) is 0 Å². The van der Waals surface area contributed by atoms with Crippen molar-refractivity contribution in [3.63, 3.8) is 0 Å². The van der Waals surface area contributed by atoms with Crippen LogP contribution in [0.5, 0.6) is 0 Å². The van der Waals surface area contributed by atoms with Crippen LogP contribution in [0.25, 0.3) is 0 Å². The summed E-state index contributed by atoms with van der Waals surface area (Å²) < 4.78 is 25.2. The molecule has 0 aliphatic carbocycles. The van der Waals surface area contributed by atoms with Crippen molar-refractivity contribution >= 4 is 33.2 Å². The molecule has 0 heterocycles. The van der Waals surface area contributed by atoms with Gasteiger partial charge in [0.05, 0.1) is 11.0 Å². The molecular formula is C10H10Cl2N2O2S. The second-order valence-corrected chi connectivity index (χ2v) is 6.30. The second kappa shape index (κ2) is 5.23. The quantitative estimate of drug-likeness (QED) is 0.860. The molecule has 1 unspecified atom stereocenters. The molecule has 0 amide bonds. The van der Waals surface area contributed by atoms with Gasteiger partial charge in [-0.25, -0.2) is 8.42 Å². The predicted molar refractivity (Wildman–Crippen MR) is 66.5 cm³/mol. The number of nitriles is 1. The molecule has 0 fully saturated rings. The summed E-state index contributed by atoms with van der Waals surface area (Å²) in [5.74, 6) is 0. The van der Waals surface area contributed by atoms with Crippen LogP contribution in [0.2, 0.25) is 10.0 Å². The van der Waals surface area contributed by atoms with E-state index in [-0.39, 0.29) is 14.9 Å². The summed E-state index contributed by atoms with van der Waals surface area (Å²) in [4.78, 5) is -0.0281. The van der Waals surface area contributed by atoms with Gasteiger partial charge < -0.3 is 0 Å². The monoisotopic (exact) mass is 292 g/mol. The van der Waals surface area contributed by atoms with E-state index in [1.165, 1.54) is 32.2 Å². The van der Waals surface area contributed by atoms with E-state index in [1.54, 1.807) is 0 Å². The van der Waals surface area contributed by atoms with E-state index >= 15 is 0 Å². The SMILES string of the molecule is CC(C#N)N(C)S(=O)(=O)c1cc(Cl)cc(Cl)c1. The van der Waals surface area contributed by atoms with Crippen LogP contribution in [0, 0.1) is 11.3 Å². The van der Waals surface area contributed by atoms with Gasteiger partial charge in [0, 0.05) is 17.1 Å². The second-order valence-electron chi connectivity index (χ2n) is 3.43. The molecule has 92 valence electrons. The Kier molecular flexibility index (Phi) is 4.39. The molecular weight excluding hydrogens is 283 g/mol. The maximum absolute atomic E-state index is 12.1. The number of rotatable bonds is 3. The van der Waals surface area contributed by atoms with Gasteiger partial charge in [-0.1, -0.05) is 23.2 Å². The molecule has 0 saturated heterocycles. The largest absolute Gasteiger partial charge is 0.244 e. The minimum absolute atomic E-state index is 0.0281. The molecule has 0 aliphatic heterocycles. The Hall–Kier alpha value is -0.800. The van der Waals surface area contributed by atoms with Crippen LogP contribution in [0.15, 0.2) is 23.1 Å². The van der Waals surface area contributed by atoms with Crippen molar-refractivity contribution in [1.82, 2.24) is 4.31 Å². The summed E-state index contributed by atoms with van der Waals surface area (Å²) in [7, 11) is -2.42. The highest BCUT2D eigenvalue weighted by Gasteiger charge is 2.25. The minimum atomic E-state index is -3.75. The lowest BCUT2D eigenvalue weighted by molar-refractivity contribution is 0.442. The highest BCUT2D eigenvalue weighted by molar-refractivity contribution is 7.89. The highest BCUT2D eigenvalue weighted by Crippen LogP contribution is 2.24. The molecule has 0 N–H and O–H groups in total. The Morgan fingerprint density at radius 2 is 1.76 bits per heavy atom. The van der Waals surface area contributed by atoms with Crippen LogP contribution in [-0.4, -0.2) is 25.8 Å². The van der Waals surface area contributed by atoms with Crippen molar-refractivity contribution in [2.24, 2.45) is 0 Å². The van der Waals surface area contributed by atoms with Crippen LogP contribution in [0.3, 0.4) is 0 Å². The molecule has 0 saturated carbocycles. The van der Waals surface area contributed by atoms with Gasteiger partial charge in [-0.2, -0.15) is 9.57 Å². The smallest absolute Gasteiger partial charge is 0.207 e. The Balaban J connectivity index is 3.27. The number of hydrogen-bond acceptors (Lipinski definition) is 3. The van der Waals surface area contributed by atoms with Gasteiger partial charge in [-0.15, -0.1) is 0 Å². The number of sulfonamides is 1. The fraction of sp³-hybridized carbons (Fsp3) is 0.300. The van der Waals surface area contributed by atoms with E-state index in [1.807, 2.05) is 6.07 Å². The third kappa shape index (κ3) is 3.11. The van der Waals surface area contributed by atoms with E-state index in [0.717, 1.165) is 4.31 Å². The van der Waals surface area contributed by atoms with Gasteiger partial charge in [0.25, 0.3) is 0 Å². The van der Waals surface area contributed by atoms with E-state index < -0.39 is 16.1 Å². The van der Waals surface area contributed by atoms with E-state index in [4.69, 9.17) is 28.5 Å². The normalized spacial score (nSPS) is 13.4. The summed E-state index contributed by atoms with van der Waals surface area (Å²) in [6.07, 6.45) is 0. The van der Waals surface area contributed by atoms with Gasteiger partial charge in [0.2, 0.25) is 10.0 Å². The Morgan fingerprint density at radius 1 is 1.29 bits per heavy atom. The van der Waals surface area contributed by atoms with Crippen molar-refractivity contribution < 1.29 is 8.42 Å². The lowest BCUT2D eigenvalue weighted by Gasteiger charge is -2.19.